The SMILES string of the molecule is Cc1cccc(NC(=O)[C@H](Cc2ccccc2)NC(=O)N2C[C@@H]3C[C@@H](C2)c2cccc(=O)n2C3)c1C. The van der Waals surface area contributed by atoms with Gasteiger partial charge in [0.1, 0.15) is 6.04 Å². The summed E-state index contributed by atoms with van der Waals surface area (Å²) in [6, 6.07) is 19.9. The first-order valence-corrected chi connectivity index (χ1v) is 12.5. The summed E-state index contributed by atoms with van der Waals surface area (Å²) in [6.45, 7) is 5.71. The lowest BCUT2D eigenvalue weighted by molar-refractivity contribution is -0.118. The van der Waals surface area contributed by atoms with Crippen LogP contribution in [0.3, 0.4) is 0 Å². The molecule has 2 aliphatic rings. The summed E-state index contributed by atoms with van der Waals surface area (Å²) >= 11 is 0. The van der Waals surface area contributed by atoms with E-state index in [2.05, 4.69) is 10.6 Å². The lowest BCUT2D eigenvalue weighted by Crippen LogP contribution is -2.55. The van der Waals surface area contributed by atoms with Gasteiger partial charge in [-0.25, -0.2) is 4.79 Å². The maximum Gasteiger partial charge on any atom is 0.318 e. The topological polar surface area (TPSA) is 83.4 Å². The first-order chi connectivity index (χ1) is 17.4. The molecule has 0 unspecified atom stereocenters. The maximum atomic E-state index is 13.5. The molecule has 3 aromatic rings. The van der Waals surface area contributed by atoms with Crippen molar-refractivity contribution in [3.05, 3.63) is 99.5 Å². The van der Waals surface area contributed by atoms with Crippen LogP contribution < -0.4 is 16.2 Å². The summed E-state index contributed by atoms with van der Waals surface area (Å²) < 4.78 is 1.85. The number of nitrogens with zero attached hydrogens (tertiary/aromatic N) is 2. The molecule has 0 saturated carbocycles. The highest BCUT2D eigenvalue weighted by Crippen LogP contribution is 2.35. The number of pyridine rings is 1. The smallest absolute Gasteiger partial charge is 0.318 e. The molecule has 1 aromatic heterocycles. The molecule has 5 rings (SSSR count). The molecular weight excluding hydrogens is 452 g/mol. The molecule has 2 N–H and O–H groups in total. The van der Waals surface area contributed by atoms with Crippen molar-refractivity contribution in [2.45, 2.75) is 45.2 Å². The molecule has 7 nitrogen and oxygen atoms in total. The first-order valence-electron chi connectivity index (χ1n) is 12.5. The molecular formula is C29H32N4O3. The number of carbonyl (C=O) groups is 2. The summed E-state index contributed by atoms with van der Waals surface area (Å²) in [6.07, 6.45) is 1.36. The summed E-state index contributed by atoms with van der Waals surface area (Å²) in [5.74, 6) is 0.0990. The molecule has 1 fully saturated rings. The van der Waals surface area contributed by atoms with Crippen molar-refractivity contribution < 1.29 is 9.59 Å². The molecule has 36 heavy (non-hydrogen) atoms. The first kappa shape index (κ1) is 23.9. The number of aryl methyl sites for hydroxylation is 1. The van der Waals surface area contributed by atoms with Gasteiger partial charge in [0, 0.05) is 49.4 Å². The molecule has 2 bridgehead atoms. The van der Waals surface area contributed by atoms with Gasteiger partial charge >= 0.3 is 6.03 Å². The van der Waals surface area contributed by atoms with Crippen LogP contribution in [0.4, 0.5) is 10.5 Å². The number of urea groups is 1. The van der Waals surface area contributed by atoms with Gasteiger partial charge in [0.15, 0.2) is 0 Å². The molecule has 7 heteroatoms. The van der Waals surface area contributed by atoms with E-state index in [-0.39, 0.29) is 29.3 Å². The Kier molecular flexibility index (Phi) is 6.63. The van der Waals surface area contributed by atoms with Gasteiger partial charge < -0.3 is 20.1 Å². The third-order valence-corrected chi connectivity index (χ3v) is 7.53. The van der Waals surface area contributed by atoms with Crippen LogP contribution in [0.15, 0.2) is 71.5 Å². The molecule has 3 heterocycles. The normalized spacial score (nSPS) is 19.2. The summed E-state index contributed by atoms with van der Waals surface area (Å²) in [5, 5.41) is 6.05. The number of rotatable bonds is 5. The number of aromatic nitrogens is 1. The molecule has 0 radical (unpaired) electrons. The van der Waals surface area contributed by atoms with Crippen LogP contribution in [0.25, 0.3) is 0 Å². The molecule has 3 atom stereocenters. The van der Waals surface area contributed by atoms with Gasteiger partial charge in [-0.2, -0.15) is 0 Å². The van der Waals surface area contributed by atoms with E-state index in [9.17, 15) is 14.4 Å². The van der Waals surface area contributed by atoms with E-state index in [0.29, 0.717) is 26.1 Å². The number of nitrogens with one attached hydrogen (secondary N) is 2. The van der Waals surface area contributed by atoms with Crippen molar-refractivity contribution in [3.63, 3.8) is 0 Å². The monoisotopic (exact) mass is 484 g/mol. The van der Waals surface area contributed by atoms with Gasteiger partial charge in [-0.15, -0.1) is 0 Å². The highest BCUT2D eigenvalue weighted by Gasteiger charge is 2.37. The van der Waals surface area contributed by atoms with Gasteiger partial charge in [-0.1, -0.05) is 48.5 Å². The van der Waals surface area contributed by atoms with E-state index < -0.39 is 6.04 Å². The van der Waals surface area contributed by atoms with Crippen molar-refractivity contribution in [2.24, 2.45) is 5.92 Å². The van der Waals surface area contributed by atoms with E-state index >= 15 is 0 Å². The van der Waals surface area contributed by atoms with E-state index in [1.165, 1.54) is 0 Å². The Morgan fingerprint density at radius 1 is 0.944 bits per heavy atom. The molecule has 2 aromatic carbocycles. The Morgan fingerprint density at radius 2 is 1.72 bits per heavy atom. The lowest BCUT2D eigenvalue weighted by Gasteiger charge is -2.43. The molecule has 2 aliphatic heterocycles. The predicted molar refractivity (Wildman–Crippen MR) is 140 cm³/mol. The fraction of sp³-hybridized carbons (Fsp3) is 0.345. The minimum Gasteiger partial charge on any atom is -0.326 e. The molecule has 1 saturated heterocycles. The highest BCUT2D eigenvalue weighted by atomic mass is 16.2. The highest BCUT2D eigenvalue weighted by molar-refractivity contribution is 5.97. The predicted octanol–water partition coefficient (Wildman–Crippen LogP) is 3.84. The van der Waals surface area contributed by atoms with Gasteiger partial charge in [0.25, 0.3) is 5.56 Å². The number of anilines is 1. The number of benzene rings is 2. The van der Waals surface area contributed by atoms with Gasteiger partial charge in [0.2, 0.25) is 5.91 Å². The van der Waals surface area contributed by atoms with Crippen molar-refractivity contribution in [1.29, 1.82) is 0 Å². The Bertz CT molecular complexity index is 1330. The number of likely N-dealkylation sites (tertiary alicyclic amines) is 1. The average molecular weight is 485 g/mol. The Labute approximate surface area is 211 Å². The molecule has 0 aliphatic carbocycles. The van der Waals surface area contributed by atoms with Gasteiger partial charge in [-0.05, 0) is 55.0 Å². The van der Waals surface area contributed by atoms with Crippen molar-refractivity contribution in [3.8, 4) is 0 Å². The minimum absolute atomic E-state index is 0.0196. The lowest BCUT2D eigenvalue weighted by atomic mass is 9.83. The standard InChI is InChI=1S/C29H32N4O3/c1-19-8-6-11-24(20(19)2)30-28(35)25(15-21-9-4-3-5-10-21)31-29(36)32-16-22-14-23(18-32)26-12-7-13-27(34)33(26)17-22/h3-13,22-23,25H,14-18H2,1-2H3,(H,30,35)(H,31,36)/t22-,23-,25-/m0/s1. The van der Waals surface area contributed by atoms with Crippen LogP contribution in [0.2, 0.25) is 0 Å². The van der Waals surface area contributed by atoms with Crippen LogP contribution >= 0.6 is 0 Å². The van der Waals surface area contributed by atoms with E-state index in [1.54, 1.807) is 12.1 Å². The fourth-order valence-electron chi connectivity index (χ4n) is 5.47. The number of hydrogen-bond acceptors (Lipinski definition) is 3. The number of fused-ring (bicyclic) bond motifs is 4. The van der Waals surface area contributed by atoms with Crippen LogP contribution in [0.5, 0.6) is 0 Å². The van der Waals surface area contributed by atoms with Crippen LogP contribution in [-0.4, -0.2) is 40.5 Å². The van der Waals surface area contributed by atoms with Crippen molar-refractivity contribution in [1.82, 2.24) is 14.8 Å². The fourth-order valence-corrected chi connectivity index (χ4v) is 5.47. The zero-order valence-corrected chi connectivity index (χ0v) is 20.7. The number of piperidine rings is 1. The number of carbonyl (C=O) groups excluding carboxylic acids is 2. The number of hydrogen-bond donors (Lipinski definition) is 2. The zero-order chi connectivity index (χ0) is 25.2. The largest absolute Gasteiger partial charge is 0.326 e. The number of amides is 3. The second-order valence-corrected chi connectivity index (χ2v) is 10.0. The molecule has 186 valence electrons. The maximum absolute atomic E-state index is 13.5. The average Bonchev–Trinajstić information content (AvgIpc) is 2.87. The molecule has 0 spiro atoms. The Hall–Kier alpha value is -3.87. The van der Waals surface area contributed by atoms with E-state index in [0.717, 1.165) is 34.5 Å². The van der Waals surface area contributed by atoms with Crippen molar-refractivity contribution >= 4 is 17.6 Å². The third-order valence-electron chi connectivity index (χ3n) is 7.53. The summed E-state index contributed by atoms with van der Waals surface area (Å²) in [5.41, 5.74) is 4.84. The van der Waals surface area contributed by atoms with Gasteiger partial charge in [-0.3, -0.25) is 9.59 Å². The second kappa shape index (κ2) is 10.0. The van der Waals surface area contributed by atoms with E-state index in [1.807, 2.05) is 77.9 Å². The van der Waals surface area contributed by atoms with Crippen LogP contribution in [0.1, 0.15) is 34.7 Å². The van der Waals surface area contributed by atoms with Crippen molar-refractivity contribution in [2.75, 3.05) is 18.4 Å². The minimum atomic E-state index is -0.725. The van der Waals surface area contributed by atoms with Crippen LogP contribution in [0, 0.1) is 19.8 Å². The second-order valence-electron chi connectivity index (χ2n) is 10.0. The summed E-state index contributed by atoms with van der Waals surface area (Å²) in [7, 11) is 0. The third kappa shape index (κ3) is 4.91. The molecule has 3 amide bonds. The van der Waals surface area contributed by atoms with Gasteiger partial charge in [0.05, 0.1) is 0 Å². The Morgan fingerprint density at radius 3 is 2.53 bits per heavy atom. The zero-order valence-electron chi connectivity index (χ0n) is 20.7. The quantitative estimate of drug-likeness (QED) is 0.577. The summed E-state index contributed by atoms with van der Waals surface area (Å²) in [4.78, 5) is 41.0. The van der Waals surface area contributed by atoms with E-state index in [4.69, 9.17) is 0 Å². The van der Waals surface area contributed by atoms with Crippen LogP contribution in [-0.2, 0) is 17.8 Å². The Balaban J connectivity index is 1.34.